The number of aromatic nitrogens is 4. The van der Waals surface area contributed by atoms with Crippen LogP contribution in [0.5, 0.6) is 0 Å². The highest BCUT2D eigenvalue weighted by Gasteiger charge is 2.44. The fourth-order valence-electron chi connectivity index (χ4n) is 0.831. The molecule has 0 spiro atoms. The minimum atomic E-state index is -4.78. The third-order valence-electron chi connectivity index (χ3n) is 1.78. The van der Waals surface area contributed by atoms with E-state index in [0.29, 0.717) is 0 Å². The first kappa shape index (κ1) is 11.4. The third kappa shape index (κ3) is 1.90. The normalized spacial score (nSPS) is 12.9. The van der Waals surface area contributed by atoms with Crippen molar-refractivity contribution in [3.8, 4) is 0 Å². The molecule has 15 heavy (non-hydrogen) atoms. The van der Waals surface area contributed by atoms with Gasteiger partial charge in [0.05, 0.1) is 0 Å². The van der Waals surface area contributed by atoms with Crippen molar-refractivity contribution in [2.45, 2.75) is 25.6 Å². The van der Waals surface area contributed by atoms with Gasteiger partial charge in [-0.25, -0.2) is 9.48 Å². The molecule has 0 saturated carbocycles. The van der Waals surface area contributed by atoms with Gasteiger partial charge in [0, 0.05) is 0 Å². The van der Waals surface area contributed by atoms with Gasteiger partial charge < -0.3 is 5.11 Å². The van der Waals surface area contributed by atoms with Gasteiger partial charge in [-0.1, -0.05) is 0 Å². The summed E-state index contributed by atoms with van der Waals surface area (Å²) >= 11 is 0. The minimum absolute atomic E-state index is 0.231. The molecule has 0 radical (unpaired) electrons. The first-order valence-corrected chi connectivity index (χ1v) is 3.77. The van der Waals surface area contributed by atoms with E-state index in [-0.39, 0.29) is 4.68 Å². The highest BCUT2D eigenvalue weighted by atomic mass is 19.4. The van der Waals surface area contributed by atoms with E-state index in [1.54, 1.807) is 0 Å². The van der Waals surface area contributed by atoms with E-state index in [2.05, 4.69) is 15.5 Å². The smallest absolute Gasteiger partial charge is 0.453 e. The molecule has 0 bridgehead atoms. The number of carbonyl (C=O) groups is 1. The molecule has 6 nitrogen and oxygen atoms in total. The van der Waals surface area contributed by atoms with Crippen LogP contribution in [0.2, 0.25) is 0 Å². The summed E-state index contributed by atoms with van der Waals surface area (Å²) in [4.78, 5) is 10.7. The summed E-state index contributed by atoms with van der Waals surface area (Å²) < 4.78 is 37.2. The van der Waals surface area contributed by atoms with E-state index in [4.69, 9.17) is 5.11 Å². The van der Waals surface area contributed by atoms with Gasteiger partial charge in [-0.15, -0.1) is 5.10 Å². The fourth-order valence-corrected chi connectivity index (χ4v) is 0.831. The second-order valence-corrected chi connectivity index (χ2v) is 3.28. The molecule has 9 heteroatoms. The molecule has 0 unspecified atom stereocenters. The van der Waals surface area contributed by atoms with Crippen LogP contribution in [0.15, 0.2) is 0 Å². The van der Waals surface area contributed by atoms with Gasteiger partial charge in [0.15, 0.2) is 5.54 Å². The van der Waals surface area contributed by atoms with Crippen LogP contribution in [-0.2, 0) is 16.5 Å². The second-order valence-electron chi connectivity index (χ2n) is 3.28. The Kier molecular flexibility index (Phi) is 2.41. The lowest BCUT2D eigenvalue weighted by atomic mass is 10.1. The Morgan fingerprint density at radius 2 is 1.93 bits per heavy atom. The van der Waals surface area contributed by atoms with E-state index < -0.39 is 23.5 Å². The Bertz CT molecular complexity index is 384. The maximum Gasteiger partial charge on any atom is 0.453 e. The molecule has 1 heterocycles. The number of tetrazole rings is 1. The quantitative estimate of drug-likeness (QED) is 0.791. The minimum Gasteiger partial charge on any atom is -0.479 e. The summed E-state index contributed by atoms with van der Waals surface area (Å²) in [7, 11) is 0. The lowest BCUT2D eigenvalue weighted by molar-refractivity contribution is -0.156. The number of nitrogens with zero attached hydrogens (tertiary/aromatic N) is 4. The van der Waals surface area contributed by atoms with Crippen LogP contribution in [-0.4, -0.2) is 31.3 Å². The SMILES string of the molecule is CC(C)(C(=O)O)n1nnnc1C(F)(F)F. The fraction of sp³-hybridized carbons (Fsp3) is 0.667. The zero-order valence-electron chi connectivity index (χ0n) is 7.78. The Labute approximate surface area is 81.7 Å². The standard InChI is InChI=1S/C6H7F3N4O2/c1-5(2,4(14)15)13-3(6(7,8)9)10-11-12-13/h1-2H3,(H,14,15). The van der Waals surface area contributed by atoms with Gasteiger partial charge in [-0.05, 0) is 24.3 Å². The number of carboxylic acid groups (broad SMARTS) is 1. The average molecular weight is 224 g/mol. The summed E-state index contributed by atoms with van der Waals surface area (Å²) in [5.74, 6) is -2.89. The van der Waals surface area contributed by atoms with Crippen molar-refractivity contribution >= 4 is 5.97 Å². The van der Waals surface area contributed by atoms with E-state index in [1.807, 2.05) is 0 Å². The van der Waals surface area contributed by atoms with Crippen LogP contribution in [0.4, 0.5) is 13.2 Å². The van der Waals surface area contributed by atoms with Gasteiger partial charge in [-0.3, -0.25) is 0 Å². The maximum atomic E-state index is 12.3. The molecule has 1 N–H and O–H groups in total. The Balaban J connectivity index is 3.28. The first-order chi connectivity index (χ1) is 6.67. The van der Waals surface area contributed by atoms with E-state index in [9.17, 15) is 18.0 Å². The molecule has 1 rings (SSSR count). The predicted molar refractivity (Wildman–Crippen MR) is 39.8 cm³/mol. The molecule has 0 fully saturated rings. The molecular formula is C6H7F3N4O2. The molecule has 1 aromatic heterocycles. The van der Waals surface area contributed by atoms with Crippen molar-refractivity contribution < 1.29 is 23.1 Å². The van der Waals surface area contributed by atoms with Crippen LogP contribution >= 0.6 is 0 Å². The summed E-state index contributed by atoms with van der Waals surface area (Å²) in [5, 5.41) is 17.3. The summed E-state index contributed by atoms with van der Waals surface area (Å²) in [6.45, 7) is 2.14. The molecule has 0 aliphatic rings. The number of aliphatic carboxylic acids is 1. The molecular weight excluding hydrogens is 217 g/mol. The molecule has 0 aromatic carbocycles. The Morgan fingerprint density at radius 3 is 2.33 bits per heavy atom. The highest BCUT2D eigenvalue weighted by Crippen LogP contribution is 2.29. The zero-order valence-corrected chi connectivity index (χ0v) is 7.78. The lowest BCUT2D eigenvalue weighted by Crippen LogP contribution is -2.39. The molecule has 0 aliphatic heterocycles. The van der Waals surface area contributed by atoms with Gasteiger partial charge in [0.2, 0.25) is 0 Å². The summed E-state index contributed by atoms with van der Waals surface area (Å²) in [6.07, 6.45) is -4.78. The first-order valence-electron chi connectivity index (χ1n) is 3.77. The van der Waals surface area contributed by atoms with E-state index in [0.717, 1.165) is 13.8 Å². The molecule has 0 aliphatic carbocycles. The number of rotatable bonds is 2. The van der Waals surface area contributed by atoms with E-state index >= 15 is 0 Å². The van der Waals surface area contributed by atoms with Gasteiger partial charge in [0.25, 0.3) is 5.82 Å². The van der Waals surface area contributed by atoms with Gasteiger partial charge >= 0.3 is 12.1 Å². The van der Waals surface area contributed by atoms with Crippen LogP contribution < -0.4 is 0 Å². The van der Waals surface area contributed by atoms with Gasteiger partial charge in [0.1, 0.15) is 0 Å². The topological polar surface area (TPSA) is 80.9 Å². The van der Waals surface area contributed by atoms with Crippen LogP contribution in [0, 0.1) is 0 Å². The van der Waals surface area contributed by atoms with Crippen LogP contribution in [0.1, 0.15) is 19.7 Å². The van der Waals surface area contributed by atoms with E-state index in [1.165, 1.54) is 0 Å². The molecule has 1 aromatic rings. The largest absolute Gasteiger partial charge is 0.479 e. The molecule has 0 amide bonds. The number of halogens is 3. The van der Waals surface area contributed by atoms with Crippen LogP contribution in [0.25, 0.3) is 0 Å². The lowest BCUT2D eigenvalue weighted by Gasteiger charge is -2.20. The Morgan fingerprint density at radius 1 is 1.40 bits per heavy atom. The van der Waals surface area contributed by atoms with Crippen molar-refractivity contribution in [3.63, 3.8) is 0 Å². The van der Waals surface area contributed by atoms with Crippen molar-refractivity contribution in [3.05, 3.63) is 5.82 Å². The number of hydrogen-bond acceptors (Lipinski definition) is 4. The van der Waals surface area contributed by atoms with Gasteiger partial charge in [-0.2, -0.15) is 13.2 Å². The van der Waals surface area contributed by atoms with Crippen molar-refractivity contribution in [2.24, 2.45) is 0 Å². The van der Waals surface area contributed by atoms with Crippen LogP contribution in [0.3, 0.4) is 0 Å². The number of hydrogen-bond donors (Lipinski definition) is 1. The maximum absolute atomic E-state index is 12.3. The molecule has 0 saturated heterocycles. The van der Waals surface area contributed by atoms with Crippen molar-refractivity contribution in [1.82, 2.24) is 20.2 Å². The third-order valence-corrected chi connectivity index (χ3v) is 1.78. The highest BCUT2D eigenvalue weighted by molar-refractivity contribution is 5.75. The molecule has 84 valence electrons. The van der Waals surface area contributed by atoms with Crippen molar-refractivity contribution in [2.75, 3.05) is 0 Å². The summed E-state index contributed by atoms with van der Waals surface area (Å²) in [6, 6.07) is 0. The number of carboxylic acids is 1. The molecule has 0 atom stereocenters. The summed E-state index contributed by atoms with van der Waals surface area (Å²) in [5.41, 5.74) is -1.85. The number of alkyl halides is 3. The average Bonchev–Trinajstić information content (AvgIpc) is 2.49. The monoisotopic (exact) mass is 224 g/mol. The Hall–Kier alpha value is -1.67. The zero-order chi connectivity index (χ0) is 11.9. The second kappa shape index (κ2) is 3.17. The van der Waals surface area contributed by atoms with Crippen molar-refractivity contribution in [1.29, 1.82) is 0 Å². The predicted octanol–water partition coefficient (Wildman–Crippen LogP) is 0.512.